The molecule has 1 aromatic carbocycles. The summed E-state index contributed by atoms with van der Waals surface area (Å²) in [5.41, 5.74) is 2.39. The van der Waals surface area contributed by atoms with Crippen LogP contribution in [-0.2, 0) is 15.3 Å². The third-order valence-electron chi connectivity index (χ3n) is 2.75. The van der Waals surface area contributed by atoms with Crippen molar-refractivity contribution in [1.82, 2.24) is 4.90 Å². The SMILES string of the molecule is CCCN(CC(=O)O)C(=O)CSCc1cccc(C)c1. The van der Waals surface area contributed by atoms with E-state index in [1.165, 1.54) is 27.8 Å². The van der Waals surface area contributed by atoms with Gasteiger partial charge in [-0.15, -0.1) is 11.8 Å². The first-order chi connectivity index (χ1) is 9.52. The van der Waals surface area contributed by atoms with Crippen molar-refractivity contribution < 1.29 is 14.7 Å². The van der Waals surface area contributed by atoms with Crippen LogP contribution >= 0.6 is 11.8 Å². The van der Waals surface area contributed by atoms with Gasteiger partial charge >= 0.3 is 5.97 Å². The maximum Gasteiger partial charge on any atom is 0.323 e. The molecule has 1 rings (SSSR count). The Bertz CT molecular complexity index is 462. The Morgan fingerprint density at radius 3 is 2.70 bits per heavy atom. The number of carboxylic acid groups (broad SMARTS) is 1. The monoisotopic (exact) mass is 295 g/mol. The second kappa shape index (κ2) is 8.64. The van der Waals surface area contributed by atoms with Crippen LogP contribution in [0.25, 0.3) is 0 Å². The number of rotatable bonds is 8. The van der Waals surface area contributed by atoms with Crippen molar-refractivity contribution in [1.29, 1.82) is 0 Å². The number of aliphatic carboxylic acids is 1. The molecule has 0 bridgehead atoms. The lowest BCUT2D eigenvalue weighted by atomic mass is 10.2. The van der Waals surface area contributed by atoms with Crippen LogP contribution < -0.4 is 0 Å². The van der Waals surface area contributed by atoms with Crippen molar-refractivity contribution >= 4 is 23.6 Å². The van der Waals surface area contributed by atoms with E-state index < -0.39 is 5.97 Å². The van der Waals surface area contributed by atoms with Crippen LogP contribution in [-0.4, -0.2) is 40.7 Å². The molecule has 1 amide bonds. The average Bonchev–Trinajstić information content (AvgIpc) is 2.37. The van der Waals surface area contributed by atoms with Crippen LogP contribution in [0.3, 0.4) is 0 Å². The standard InChI is InChI=1S/C15H21NO3S/c1-3-7-16(9-15(18)19)14(17)11-20-10-13-6-4-5-12(2)8-13/h4-6,8H,3,7,9-11H2,1-2H3,(H,18,19). The summed E-state index contributed by atoms with van der Waals surface area (Å²) < 4.78 is 0. The molecule has 0 aromatic heterocycles. The number of hydrogen-bond donors (Lipinski definition) is 1. The summed E-state index contributed by atoms with van der Waals surface area (Å²) in [7, 11) is 0. The largest absolute Gasteiger partial charge is 0.480 e. The predicted octanol–water partition coefficient (Wildman–Crippen LogP) is 2.55. The van der Waals surface area contributed by atoms with Crippen molar-refractivity contribution in [3.63, 3.8) is 0 Å². The molecule has 5 heteroatoms. The van der Waals surface area contributed by atoms with E-state index in [2.05, 4.69) is 6.07 Å². The molecule has 1 N–H and O–H groups in total. The van der Waals surface area contributed by atoms with Crippen LogP contribution in [0.15, 0.2) is 24.3 Å². The van der Waals surface area contributed by atoms with Gasteiger partial charge in [-0.25, -0.2) is 0 Å². The van der Waals surface area contributed by atoms with Gasteiger partial charge in [0.1, 0.15) is 6.54 Å². The van der Waals surface area contributed by atoms with Crippen molar-refractivity contribution in [2.24, 2.45) is 0 Å². The van der Waals surface area contributed by atoms with Gasteiger partial charge in [-0.1, -0.05) is 36.8 Å². The van der Waals surface area contributed by atoms with Crippen LogP contribution in [0, 0.1) is 6.92 Å². The zero-order valence-corrected chi connectivity index (χ0v) is 12.8. The number of nitrogens with zero attached hydrogens (tertiary/aromatic N) is 1. The molecule has 0 unspecified atom stereocenters. The molecule has 20 heavy (non-hydrogen) atoms. The Labute approximate surface area is 124 Å². The number of aryl methyl sites for hydroxylation is 1. The van der Waals surface area contributed by atoms with Crippen LogP contribution in [0.2, 0.25) is 0 Å². The van der Waals surface area contributed by atoms with Crippen molar-refractivity contribution in [3.05, 3.63) is 35.4 Å². The van der Waals surface area contributed by atoms with E-state index in [0.717, 1.165) is 12.2 Å². The number of hydrogen-bond acceptors (Lipinski definition) is 3. The lowest BCUT2D eigenvalue weighted by Gasteiger charge is -2.19. The fraction of sp³-hybridized carbons (Fsp3) is 0.467. The minimum atomic E-state index is -0.963. The summed E-state index contributed by atoms with van der Waals surface area (Å²) >= 11 is 1.52. The normalized spacial score (nSPS) is 10.3. The van der Waals surface area contributed by atoms with Gasteiger partial charge in [-0.3, -0.25) is 9.59 Å². The molecule has 0 atom stereocenters. The molecule has 0 aliphatic carbocycles. The summed E-state index contributed by atoms with van der Waals surface area (Å²) in [6, 6.07) is 8.17. The number of carbonyl (C=O) groups is 2. The summed E-state index contributed by atoms with van der Waals surface area (Å²) in [5.74, 6) is 0.0178. The Morgan fingerprint density at radius 1 is 1.35 bits per heavy atom. The van der Waals surface area contributed by atoms with Gasteiger partial charge in [0.25, 0.3) is 0 Å². The number of benzene rings is 1. The van der Waals surface area contributed by atoms with Gasteiger partial charge < -0.3 is 10.0 Å². The first-order valence-electron chi connectivity index (χ1n) is 6.65. The van der Waals surface area contributed by atoms with Gasteiger partial charge in [0.05, 0.1) is 5.75 Å². The van der Waals surface area contributed by atoms with E-state index in [9.17, 15) is 9.59 Å². The minimum Gasteiger partial charge on any atom is -0.480 e. The second-order valence-corrected chi connectivity index (χ2v) is 5.68. The predicted molar refractivity (Wildman–Crippen MR) is 81.8 cm³/mol. The molecule has 4 nitrogen and oxygen atoms in total. The Morgan fingerprint density at radius 2 is 2.10 bits per heavy atom. The molecule has 0 heterocycles. The highest BCUT2D eigenvalue weighted by Crippen LogP contribution is 2.14. The fourth-order valence-corrected chi connectivity index (χ4v) is 2.75. The lowest BCUT2D eigenvalue weighted by molar-refractivity contribution is -0.143. The molecule has 0 saturated carbocycles. The number of thioether (sulfide) groups is 1. The van der Waals surface area contributed by atoms with Gasteiger partial charge in [-0.2, -0.15) is 0 Å². The molecule has 1 aromatic rings. The van der Waals surface area contributed by atoms with E-state index in [-0.39, 0.29) is 12.5 Å². The molecule has 0 fully saturated rings. The molecule has 0 aliphatic heterocycles. The zero-order chi connectivity index (χ0) is 15.0. The van der Waals surface area contributed by atoms with E-state index in [0.29, 0.717) is 12.3 Å². The van der Waals surface area contributed by atoms with Crippen LogP contribution in [0.1, 0.15) is 24.5 Å². The van der Waals surface area contributed by atoms with Gasteiger partial charge in [0.15, 0.2) is 0 Å². The highest BCUT2D eigenvalue weighted by molar-refractivity contribution is 7.99. The topological polar surface area (TPSA) is 57.6 Å². The number of amides is 1. The van der Waals surface area contributed by atoms with E-state index in [1.54, 1.807) is 0 Å². The van der Waals surface area contributed by atoms with Crippen molar-refractivity contribution in [3.8, 4) is 0 Å². The molecule has 0 spiro atoms. The van der Waals surface area contributed by atoms with Gasteiger partial charge in [0.2, 0.25) is 5.91 Å². The smallest absolute Gasteiger partial charge is 0.323 e. The molecule has 110 valence electrons. The van der Waals surface area contributed by atoms with Gasteiger partial charge in [-0.05, 0) is 18.9 Å². The molecular weight excluding hydrogens is 274 g/mol. The van der Waals surface area contributed by atoms with Crippen LogP contribution in [0.5, 0.6) is 0 Å². The van der Waals surface area contributed by atoms with E-state index in [1.807, 2.05) is 32.0 Å². The van der Waals surface area contributed by atoms with Crippen molar-refractivity contribution in [2.45, 2.75) is 26.0 Å². The van der Waals surface area contributed by atoms with E-state index in [4.69, 9.17) is 5.11 Å². The molecule has 0 radical (unpaired) electrons. The number of carbonyl (C=O) groups excluding carboxylic acids is 1. The third-order valence-corrected chi connectivity index (χ3v) is 3.74. The summed E-state index contributed by atoms with van der Waals surface area (Å²) in [6.45, 7) is 4.25. The summed E-state index contributed by atoms with van der Waals surface area (Å²) in [6.07, 6.45) is 0.765. The van der Waals surface area contributed by atoms with Crippen molar-refractivity contribution in [2.75, 3.05) is 18.8 Å². The molecule has 0 saturated heterocycles. The quantitative estimate of drug-likeness (QED) is 0.801. The summed E-state index contributed by atoms with van der Waals surface area (Å²) in [5, 5.41) is 8.79. The maximum absolute atomic E-state index is 12.0. The van der Waals surface area contributed by atoms with Gasteiger partial charge in [0, 0.05) is 12.3 Å². The zero-order valence-electron chi connectivity index (χ0n) is 12.0. The summed E-state index contributed by atoms with van der Waals surface area (Å²) in [4.78, 5) is 24.1. The number of carboxylic acids is 1. The first-order valence-corrected chi connectivity index (χ1v) is 7.81. The van der Waals surface area contributed by atoms with Crippen LogP contribution in [0.4, 0.5) is 0 Å². The highest BCUT2D eigenvalue weighted by Gasteiger charge is 2.15. The van der Waals surface area contributed by atoms with E-state index >= 15 is 0 Å². The average molecular weight is 295 g/mol. The minimum absolute atomic E-state index is 0.105. The third kappa shape index (κ3) is 6.10. The Balaban J connectivity index is 2.42. The second-order valence-electron chi connectivity index (χ2n) is 4.69. The molecular formula is C15H21NO3S. The fourth-order valence-electron chi connectivity index (χ4n) is 1.87. The Kier molecular flexibility index (Phi) is 7.15. The first kappa shape index (κ1) is 16.6. The Hall–Kier alpha value is -1.49. The highest BCUT2D eigenvalue weighted by atomic mass is 32.2. The lowest BCUT2D eigenvalue weighted by Crippen LogP contribution is -2.37. The maximum atomic E-state index is 12.0. The molecule has 0 aliphatic rings.